The molecule has 2 rings (SSSR count). The van der Waals surface area contributed by atoms with Crippen LogP contribution in [0.1, 0.15) is 18.7 Å². The van der Waals surface area contributed by atoms with Gasteiger partial charge in [0, 0.05) is 52.8 Å². The van der Waals surface area contributed by atoms with Gasteiger partial charge in [-0.25, -0.2) is 9.97 Å². The Balaban J connectivity index is 2.09. The highest BCUT2D eigenvalue weighted by Gasteiger charge is 2.31. The molecule has 1 aliphatic rings. The van der Waals surface area contributed by atoms with Crippen molar-refractivity contribution in [3.05, 3.63) is 17.0 Å². The number of hydrogen-bond acceptors (Lipinski definition) is 6. The molecule has 1 aromatic heterocycles. The fraction of sp³-hybridized carbons (Fsp3) is 0.692. The lowest BCUT2D eigenvalue weighted by atomic mass is 9.94. The molecule has 0 atom stereocenters. The maximum atomic E-state index is 10.5. The number of hydrogen-bond donors (Lipinski definition) is 1. The van der Waals surface area contributed by atoms with Gasteiger partial charge in [0.1, 0.15) is 17.6 Å². The molecule has 112 valence electrons. The number of ether oxygens (including phenoxy) is 2. The van der Waals surface area contributed by atoms with Crippen molar-refractivity contribution in [3.63, 3.8) is 0 Å². The maximum Gasteiger partial charge on any atom is 0.158 e. The lowest BCUT2D eigenvalue weighted by molar-refractivity contribution is -0.0573. The predicted molar refractivity (Wildman–Crippen MR) is 76.0 cm³/mol. The van der Waals surface area contributed by atoms with Crippen LogP contribution in [-0.4, -0.2) is 54.6 Å². The number of nitrogens with zero attached hydrogens (tertiary/aromatic N) is 3. The van der Waals surface area contributed by atoms with Crippen LogP contribution >= 0.6 is 11.6 Å². The second-order valence-electron chi connectivity index (χ2n) is 5.09. The van der Waals surface area contributed by atoms with Gasteiger partial charge < -0.3 is 19.5 Å². The standard InChI is InChI=1S/C13H20ClN3O3/c1-17(9-13(18)3-5-20-6-4-13)12-7-10(14)15-11(16-12)8-19-2/h7,18H,3-6,8-9H2,1-2H3. The Labute approximate surface area is 123 Å². The van der Waals surface area contributed by atoms with E-state index in [0.29, 0.717) is 56.0 Å². The summed E-state index contributed by atoms with van der Waals surface area (Å²) in [6.07, 6.45) is 1.25. The number of anilines is 1. The second kappa shape index (κ2) is 6.67. The third-order valence-corrected chi connectivity index (χ3v) is 3.54. The van der Waals surface area contributed by atoms with Crippen molar-refractivity contribution >= 4 is 17.4 Å². The fourth-order valence-electron chi connectivity index (χ4n) is 2.27. The molecule has 0 saturated carbocycles. The van der Waals surface area contributed by atoms with E-state index in [1.807, 2.05) is 11.9 Å². The van der Waals surface area contributed by atoms with Crippen molar-refractivity contribution in [1.82, 2.24) is 9.97 Å². The van der Waals surface area contributed by atoms with Crippen LogP contribution in [0.15, 0.2) is 6.07 Å². The minimum atomic E-state index is -0.744. The molecule has 0 bridgehead atoms. The van der Waals surface area contributed by atoms with Crippen LogP contribution in [0.5, 0.6) is 0 Å². The van der Waals surface area contributed by atoms with E-state index in [-0.39, 0.29) is 0 Å². The molecule has 0 amide bonds. The van der Waals surface area contributed by atoms with Crippen molar-refractivity contribution in [3.8, 4) is 0 Å². The lowest BCUT2D eigenvalue weighted by Crippen LogP contribution is -2.46. The molecule has 6 nitrogen and oxygen atoms in total. The molecule has 0 aliphatic carbocycles. The Kier molecular flexibility index (Phi) is 5.15. The Bertz CT molecular complexity index is 452. The van der Waals surface area contributed by atoms with E-state index in [0.717, 1.165) is 0 Å². The molecule has 1 aromatic rings. The van der Waals surface area contributed by atoms with Gasteiger partial charge in [0.25, 0.3) is 0 Å². The highest BCUT2D eigenvalue weighted by Crippen LogP contribution is 2.24. The summed E-state index contributed by atoms with van der Waals surface area (Å²) in [5, 5.41) is 10.9. The summed E-state index contributed by atoms with van der Waals surface area (Å²) in [7, 11) is 3.46. The van der Waals surface area contributed by atoms with E-state index in [4.69, 9.17) is 21.1 Å². The van der Waals surface area contributed by atoms with Crippen molar-refractivity contribution in [2.24, 2.45) is 0 Å². The summed E-state index contributed by atoms with van der Waals surface area (Å²) < 4.78 is 10.3. The molecular weight excluding hydrogens is 282 g/mol. The molecule has 7 heteroatoms. The van der Waals surface area contributed by atoms with Gasteiger partial charge in [0.2, 0.25) is 0 Å². The monoisotopic (exact) mass is 301 g/mol. The maximum absolute atomic E-state index is 10.5. The number of likely N-dealkylation sites (N-methyl/N-ethyl adjacent to an activating group) is 1. The van der Waals surface area contributed by atoms with Crippen LogP contribution in [0, 0.1) is 0 Å². The van der Waals surface area contributed by atoms with Gasteiger partial charge in [-0.05, 0) is 0 Å². The number of aromatic nitrogens is 2. The van der Waals surface area contributed by atoms with Gasteiger partial charge in [-0.1, -0.05) is 11.6 Å². The van der Waals surface area contributed by atoms with E-state index in [9.17, 15) is 5.11 Å². The van der Waals surface area contributed by atoms with Crippen molar-refractivity contribution in [1.29, 1.82) is 0 Å². The highest BCUT2D eigenvalue weighted by molar-refractivity contribution is 6.29. The molecule has 0 aromatic carbocycles. The first-order chi connectivity index (χ1) is 9.52. The predicted octanol–water partition coefficient (Wildman–Crippen LogP) is 1.25. The summed E-state index contributed by atoms with van der Waals surface area (Å²) in [5.74, 6) is 1.21. The van der Waals surface area contributed by atoms with Gasteiger partial charge in [0.05, 0.1) is 5.60 Å². The summed E-state index contributed by atoms with van der Waals surface area (Å²) in [5.41, 5.74) is -0.744. The number of methoxy groups -OCH3 is 1. The number of aliphatic hydroxyl groups is 1. The first kappa shape index (κ1) is 15.4. The quantitative estimate of drug-likeness (QED) is 0.826. The zero-order valence-electron chi connectivity index (χ0n) is 11.8. The van der Waals surface area contributed by atoms with Crippen LogP contribution in [0.3, 0.4) is 0 Å². The molecule has 1 N–H and O–H groups in total. The smallest absolute Gasteiger partial charge is 0.158 e. The van der Waals surface area contributed by atoms with E-state index >= 15 is 0 Å². The number of halogens is 1. The molecular formula is C13H20ClN3O3. The minimum Gasteiger partial charge on any atom is -0.388 e. The third kappa shape index (κ3) is 4.02. The fourth-order valence-corrected chi connectivity index (χ4v) is 2.47. The molecule has 2 heterocycles. The average molecular weight is 302 g/mol. The highest BCUT2D eigenvalue weighted by atomic mass is 35.5. The topological polar surface area (TPSA) is 67.7 Å². The average Bonchev–Trinajstić information content (AvgIpc) is 2.38. The van der Waals surface area contributed by atoms with Gasteiger partial charge in [-0.15, -0.1) is 0 Å². The van der Waals surface area contributed by atoms with Crippen LogP contribution < -0.4 is 4.90 Å². The summed E-state index contributed by atoms with van der Waals surface area (Å²) in [6.45, 7) is 1.96. The molecule has 1 aliphatic heterocycles. The van der Waals surface area contributed by atoms with Crippen LogP contribution in [0.2, 0.25) is 5.15 Å². The van der Waals surface area contributed by atoms with Crippen molar-refractivity contribution < 1.29 is 14.6 Å². The largest absolute Gasteiger partial charge is 0.388 e. The van der Waals surface area contributed by atoms with Crippen LogP contribution in [-0.2, 0) is 16.1 Å². The van der Waals surface area contributed by atoms with Gasteiger partial charge in [-0.2, -0.15) is 0 Å². The normalized spacial score (nSPS) is 18.0. The lowest BCUT2D eigenvalue weighted by Gasteiger charge is -2.35. The van der Waals surface area contributed by atoms with Gasteiger partial charge in [-0.3, -0.25) is 0 Å². The SMILES string of the molecule is COCc1nc(Cl)cc(N(C)CC2(O)CCOCC2)n1. The second-order valence-corrected chi connectivity index (χ2v) is 5.48. The molecule has 1 fully saturated rings. The molecule has 1 saturated heterocycles. The summed E-state index contributed by atoms with van der Waals surface area (Å²) in [4.78, 5) is 10.4. The zero-order chi connectivity index (χ0) is 14.6. The van der Waals surface area contributed by atoms with E-state index < -0.39 is 5.60 Å². The Morgan fingerprint density at radius 1 is 1.45 bits per heavy atom. The summed E-state index contributed by atoms with van der Waals surface area (Å²) in [6, 6.07) is 1.68. The first-order valence-corrected chi connectivity index (χ1v) is 6.94. The van der Waals surface area contributed by atoms with Crippen LogP contribution in [0.4, 0.5) is 5.82 Å². The Morgan fingerprint density at radius 3 is 2.80 bits per heavy atom. The first-order valence-electron chi connectivity index (χ1n) is 6.56. The van der Waals surface area contributed by atoms with Crippen molar-refractivity contribution in [2.75, 3.05) is 38.8 Å². The van der Waals surface area contributed by atoms with Crippen molar-refractivity contribution in [2.45, 2.75) is 25.0 Å². The van der Waals surface area contributed by atoms with E-state index in [1.54, 1.807) is 13.2 Å². The zero-order valence-corrected chi connectivity index (χ0v) is 12.6. The third-order valence-electron chi connectivity index (χ3n) is 3.35. The van der Waals surface area contributed by atoms with Crippen LogP contribution in [0.25, 0.3) is 0 Å². The molecule has 20 heavy (non-hydrogen) atoms. The van der Waals surface area contributed by atoms with E-state index in [1.165, 1.54) is 0 Å². The van der Waals surface area contributed by atoms with Gasteiger partial charge >= 0.3 is 0 Å². The molecule has 0 spiro atoms. The van der Waals surface area contributed by atoms with E-state index in [2.05, 4.69) is 9.97 Å². The van der Waals surface area contributed by atoms with Gasteiger partial charge in [0.15, 0.2) is 5.82 Å². The number of rotatable bonds is 5. The summed E-state index contributed by atoms with van der Waals surface area (Å²) >= 11 is 5.99. The Morgan fingerprint density at radius 2 is 2.15 bits per heavy atom. The minimum absolute atomic E-state index is 0.305. The molecule has 0 unspecified atom stereocenters. The Hall–Kier alpha value is -0.950. The molecule has 0 radical (unpaired) electrons.